The van der Waals surface area contributed by atoms with E-state index >= 15 is 0 Å². The summed E-state index contributed by atoms with van der Waals surface area (Å²) in [6, 6.07) is 7.61. The van der Waals surface area contributed by atoms with Crippen molar-refractivity contribution in [2.75, 3.05) is 20.3 Å². The first-order valence-electron chi connectivity index (χ1n) is 9.19. The number of aryl methyl sites for hydroxylation is 2. The molecule has 0 aliphatic carbocycles. The Balaban J connectivity index is 1.47. The highest BCUT2D eigenvalue weighted by atomic mass is 16.5. The van der Waals surface area contributed by atoms with Gasteiger partial charge in [0.2, 0.25) is 0 Å². The third kappa shape index (κ3) is 4.87. The number of aromatic nitrogens is 4. The zero-order valence-electron chi connectivity index (χ0n) is 16.6. The first-order chi connectivity index (χ1) is 14.0. The second-order valence-electron chi connectivity index (χ2n) is 6.48. The lowest BCUT2D eigenvalue weighted by Crippen LogP contribution is -2.30. The lowest BCUT2D eigenvalue weighted by atomic mass is 10.1. The van der Waals surface area contributed by atoms with Crippen molar-refractivity contribution in [1.29, 1.82) is 0 Å². The summed E-state index contributed by atoms with van der Waals surface area (Å²) < 4.78 is 12.0. The second-order valence-corrected chi connectivity index (χ2v) is 6.48. The average molecular weight is 397 g/mol. The number of benzene rings is 1. The Morgan fingerprint density at radius 1 is 1.21 bits per heavy atom. The number of ether oxygens (including phenoxy) is 2. The fourth-order valence-electron chi connectivity index (χ4n) is 3.05. The number of amides is 1. The molecule has 0 bridgehead atoms. The van der Waals surface area contributed by atoms with Crippen LogP contribution in [0, 0.1) is 13.8 Å². The van der Waals surface area contributed by atoms with Crippen LogP contribution >= 0.6 is 0 Å². The number of nitrogens with zero attached hydrogens (tertiary/aromatic N) is 4. The van der Waals surface area contributed by atoms with Crippen molar-refractivity contribution in [3.05, 3.63) is 53.1 Å². The van der Waals surface area contributed by atoms with E-state index < -0.39 is 5.97 Å². The Bertz CT molecular complexity index is 1030. The van der Waals surface area contributed by atoms with Gasteiger partial charge in [-0.3, -0.25) is 9.59 Å². The third-order valence-corrected chi connectivity index (χ3v) is 4.58. The zero-order valence-corrected chi connectivity index (χ0v) is 16.6. The molecular formula is C20H23N5O4. The lowest BCUT2D eigenvalue weighted by Gasteiger charge is -2.11. The summed E-state index contributed by atoms with van der Waals surface area (Å²) in [6.45, 7) is 3.72. The number of para-hydroxylation sites is 1. The van der Waals surface area contributed by atoms with E-state index in [2.05, 4.69) is 20.4 Å². The van der Waals surface area contributed by atoms with Gasteiger partial charge in [0, 0.05) is 23.5 Å². The van der Waals surface area contributed by atoms with Crippen molar-refractivity contribution in [3.8, 4) is 5.75 Å². The van der Waals surface area contributed by atoms with Gasteiger partial charge in [-0.05, 0) is 31.9 Å². The van der Waals surface area contributed by atoms with Crippen LogP contribution in [0.5, 0.6) is 5.75 Å². The highest BCUT2D eigenvalue weighted by molar-refractivity contribution is 5.81. The fraction of sp³-hybridized carbons (Fsp3) is 0.350. The van der Waals surface area contributed by atoms with Crippen LogP contribution < -0.4 is 10.1 Å². The van der Waals surface area contributed by atoms with Crippen molar-refractivity contribution < 1.29 is 19.1 Å². The fourth-order valence-corrected chi connectivity index (χ4v) is 3.05. The van der Waals surface area contributed by atoms with Crippen LogP contribution in [-0.4, -0.2) is 51.7 Å². The van der Waals surface area contributed by atoms with E-state index in [1.54, 1.807) is 18.5 Å². The van der Waals surface area contributed by atoms with Gasteiger partial charge >= 0.3 is 5.97 Å². The summed E-state index contributed by atoms with van der Waals surface area (Å²) in [4.78, 5) is 32.5. The average Bonchev–Trinajstić information content (AvgIpc) is 3.18. The summed E-state index contributed by atoms with van der Waals surface area (Å²) in [5.74, 6) is 0.396. The molecule has 3 rings (SSSR count). The molecule has 1 amide bonds. The minimum Gasteiger partial charge on any atom is -0.496 e. The Kier molecular flexibility index (Phi) is 6.38. The maximum atomic E-state index is 12.2. The van der Waals surface area contributed by atoms with Crippen LogP contribution in [0.4, 0.5) is 0 Å². The molecule has 0 saturated carbocycles. The van der Waals surface area contributed by atoms with E-state index in [1.165, 1.54) is 6.33 Å². The number of nitrogens with one attached hydrogen (secondary N) is 1. The first-order valence-corrected chi connectivity index (χ1v) is 9.19. The molecule has 1 aromatic carbocycles. The third-order valence-electron chi connectivity index (χ3n) is 4.58. The Morgan fingerprint density at radius 3 is 2.79 bits per heavy atom. The molecule has 29 heavy (non-hydrogen) atoms. The normalized spacial score (nSPS) is 10.7. The Hall–Kier alpha value is -3.49. The summed E-state index contributed by atoms with van der Waals surface area (Å²) >= 11 is 0. The SMILES string of the molecule is COc1ccccc1CCNC(=O)COC(=O)Cc1c(C)nc2ncnn2c1C. The lowest BCUT2D eigenvalue weighted by molar-refractivity contribution is -0.147. The second kappa shape index (κ2) is 9.13. The van der Waals surface area contributed by atoms with Crippen molar-refractivity contribution in [2.24, 2.45) is 0 Å². The number of carbonyl (C=O) groups is 2. The molecule has 0 saturated heterocycles. The number of esters is 1. The summed E-state index contributed by atoms with van der Waals surface area (Å²) in [5.41, 5.74) is 3.16. The predicted octanol–water partition coefficient (Wildman–Crippen LogP) is 1.19. The summed E-state index contributed by atoms with van der Waals surface area (Å²) in [6.07, 6.45) is 2.03. The van der Waals surface area contributed by atoms with Crippen LogP contribution in [0.15, 0.2) is 30.6 Å². The molecule has 0 aliphatic heterocycles. The number of methoxy groups -OCH3 is 1. The van der Waals surface area contributed by atoms with E-state index in [4.69, 9.17) is 9.47 Å². The van der Waals surface area contributed by atoms with Gasteiger partial charge in [-0.15, -0.1) is 0 Å². The number of hydrogen-bond acceptors (Lipinski definition) is 7. The standard InChI is InChI=1S/C20H23N5O4/c1-13-16(14(2)25-20(24-13)22-12-23-25)10-19(27)29-11-18(26)21-9-8-15-6-4-5-7-17(15)28-3/h4-7,12H,8-11H2,1-3H3,(H,21,26). The predicted molar refractivity (Wildman–Crippen MR) is 105 cm³/mol. The van der Waals surface area contributed by atoms with Gasteiger partial charge in [-0.2, -0.15) is 10.1 Å². The van der Waals surface area contributed by atoms with Crippen molar-refractivity contribution >= 4 is 17.7 Å². The number of fused-ring (bicyclic) bond motifs is 1. The van der Waals surface area contributed by atoms with E-state index in [0.717, 1.165) is 17.0 Å². The summed E-state index contributed by atoms with van der Waals surface area (Å²) in [7, 11) is 1.61. The van der Waals surface area contributed by atoms with Gasteiger partial charge in [0.25, 0.3) is 11.7 Å². The number of hydrogen-bond donors (Lipinski definition) is 1. The molecule has 1 N–H and O–H groups in total. The van der Waals surface area contributed by atoms with Crippen molar-refractivity contribution in [2.45, 2.75) is 26.7 Å². The van der Waals surface area contributed by atoms with Gasteiger partial charge in [0.05, 0.1) is 13.5 Å². The Morgan fingerprint density at radius 2 is 2.00 bits per heavy atom. The zero-order chi connectivity index (χ0) is 20.8. The highest BCUT2D eigenvalue weighted by Crippen LogP contribution is 2.17. The van der Waals surface area contributed by atoms with Gasteiger partial charge in [0.1, 0.15) is 12.1 Å². The van der Waals surface area contributed by atoms with Crippen molar-refractivity contribution in [1.82, 2.24) is 24.9 Å². The molecule has 2 aromatic heterocycles. The molecule has 0 radical (unpaired) electrons. The van der Waals surface area contributed by atoms with E-state index in [-0.39, 0.29) is 18.9 Å². The highest BCUT2D eigenvalue weighted by Gasteiger charge is 2.16. The maximum absolute atomic E-state index is 12.2. The smallest absolute Gasteiger partial charge is 0.310 e. The van der Waals surface area contributed by atoms with E-state index in [9.17, 15) is 9.59 Å². The molecular weight excluding hydrogens is 374 g/mol. The van der Waals surface area contributed by atoms with Crippen molar-refractivity contribution in [3.63, 3.8) is 0 Å². The quantitative estimate of drug-likeness (QED) is 0.569. The van der Waals surface area contributed by atoms with Crippen LogP contribution in [-0.2, 0) is 27.2 Å². The van der Waals surface area contributed by atoms with Crippen LogP contribution in [0.25, 0.3) is 5.78 Å². The molecule has 0 unspecified atom stereocenters. The Labute approximate surface area is 168 Å². The molecule has 0 atom stereocenters. The van der Waals surface area contributed by atoms with Crippen LogP contribution in [0.1, 0.15) is 22.5 Å². The number of rotatable bonds is 8. The largest absolute Gasteiger partial charge is 0.496 e. The molecule has 3 aromatic rings. The van der Waals surface area contributed by atoms with Gasteiger partial charge in [-0.1, -0.05) is 18.2 Å². The molecule has 2 heterocycles. The molecule has 0 spiro atoms. The van der Waals surface area contributed by atoms with Crippen LogP contribution in [0.3, 0.4) is 0 Å². The molecule has 0 aliphatic rings. The van der Waals surface area contributed by atoms with E-state index in [0.29, 0.717) is 30.0 Å². The van der Waals surface area contributed by atoms with Crippen LogP contribution in [0.2, 0.25) is 0 Å². The first kappa shape index (κ1) is 20.2. The minimum atomic E-state index is -0.502. The van der Waals surface area contributed by atoms with Gasteiger partial charge in [-0.25, -0.2) is 9.50 Å². The van der Waals surface area contributed by atoms with Gasteiger partial charge < -0.3 is 14.8 Å². The topological polar surface area (TPSA) is 108 Å². The summed E-state index contributed by atoms with van der Waals surface area (Å²) in [5, 5.41) is 6.83. The molecule has 9 heteroatoms. The minimum absolute atomic E-state index is 0.00889. The molecule has 0 fully saturated rings. The van der Waals surface area contributed by atoms with E-state index in [1.807, 2.05) is 31.2 Å². The molecule has 152 valence electrons. The number of carbonyl (C=O) groups excluding carboxylic acids is 2. The monoisotopic (exact) mass is 397 g/mol. The molecule has 9 nitrogen and oxygen atoms in total. The maximum Gasteiger partial charge on any atom is 0.310 e. The van der Waals surface area contributed by atoms with Gasteiger partial charge in [0.15, 0.2) is 6.61 Å².